The summed E-state index contributed by atoms with van der Waals surface area (Å²) in [4.78, 5) is 46.1. The number of carbonyl (C=O) groups excluding carboxylic acids is 2. The topological polar surface area (TPSA) is 84.3 Å². The van der Waals surface area contributed by atoms with Crippen LogP contribution in [0.3, 0.4) is 0 Å². The molecule has 1 N–H and O–H groups in total. The van der Waals surface area contributed by atoms with Crippen molar-refractivity contribution in [2.45, 2.75) is 25.4 Å². The summed E-state index contributed by atoms with van der Waals surface area (Å²) in [6.45, 7) is 1.07. The van der Waals surface area contributed by atoms with Gasteiger partial charge in [-0.2, -0.15) is 11.3 Å². The van der Waals surface area contributed by atoms with Crippen LogP contribution in [0.25, 0.3) is 20.7 Å². The fourth-order valence-electron chi connectivity index (χ4n) is 3.87. The van der Waals surface area contributed by atoms with Crippen LogP contribution in [0.4, 0.5) is 0 Å². The van der Waals surface area contributed by atoms with Gasteiger partial charge in [0.2, 0.25) is 5.91 Å². The third kappa shape index (κ3) is 4.13. The van der Waals surface area contributed by atoms with Crippen LogP contribution in [0.1, 0.15) is 23.2 Å². The van der Waals surface area contributed by atoms with Gasteiger partial charge in [0, 0.05) is 45.9 Å². The molecular weight excluding hydrogens is 464 g/mol. The molecule has 164 valence electrons. The fourth-order valence-corrected chi connectivity index (χ4v) is 6.23. The van der Waals surface area contributed by atoms with Gasteiger partial charge in [-0.05, 0) is 35.7 Å². The second kappa shape index (κ2) is 8.97. The fraction of sp³-hybridized carbons (Fsp3) is 0.273. The Hall–Kier alpha value is -2.82. The maximum Gasteiger partial charge on any atom is 0.263 e. The molecule has 0 unspecified atom stereocenters. The SMILES string of the molecule is O=C(NC1CCN(C(=O)Cn2cnc3scc(-c4cccs4)c3c2=O)CC1)c1ccsc1. The van der Waals surface area contributed by atoms with Gasteiger partial charge in [-0.3, -0.25) is 19.0 Å². The smallest absolute Gasteiger partial charge is 0.263 e. The number of thiophene rings is 3. The van der Waals surface area contributed by atoms with Crippen LogP contribution in [0, 0.1) is 0 Å². The number of hydrogen-bond acceptors (Lipinski definition) is 7. The van der Waals surface area contributed by atoms with Crippen molar-refractivity contribution >= 4 is 56.0 Å². The summed E-state index contributed by atoms with van der Waals surface area (Å²) < 4.78 is 1.40. The molecule has 7 nitrogen and oxygen atoms in total. The molecule has 4 aromatic heterocycles. The van der Waals surface area contributed by atoms with Crippen LogP contribution in [-0.4, -0.2) is 45.4 Å². The van der Waals surface area contributed by atoms with Crippen LogP contribution >= 0.6 is 34.0 Å². The number of aromatic nitrogens is 2. The first kappa shape index (κ1) is 21.0. The first-order valence-corrected chi connectivity index (χ1v) is 12.9. The monoisotopic (exact) mass is 484 g/mol. The molecule has 10 heteroatoms. The minimum atomic E-state index is -0.189. The average molecular weight is 485 g/mol. The molecule has 0 bridgehead atoms. The van der Waals surface area contributed by atoms with E-state index in [2.05, 4.69) is 10.3 Å². The number of hydrogen-bond donors (Lipinski definition) is 1. The zero-order valence-corrected chi connectivity index (χ0v) is 19.5. The van der Waals surface area contributed by atoms with Crippen molar-refractivity contribution in [1.29, 1.82) is 0 Å². The molecule has 1 saturated heterocycles. The number of likely N-dealkylation sites (tertiary alicyclic amines) is 1. The molecule has 0 aliphatic carbocycles. The summed E-state index contributed by atoms with van der Waals surface area (Å²) in [7, 11) is 0. The van der Waals surface area contributed by atoms with Gasteiger partial charge < -0.3 is 10.2 Å². The highest BCUT2D eigenvalue weighted by molar-refractivity contribution is 7.18. The second-order valence-electron chi connectivity index (χ2n) is 7.63. The number of amides is 2. The second-order valence-corrected chi connectivity index (χ2v) is 10.2. The van der Waals surface area contributed by atoms with Gasteiger partial charge in [-0.25, -0.2) is 4.98 Å². The van der Waals surface area contributed by atoms with E-state index in [9.17, 15) is 14.4 Å². The third-order valence-electron chi connectivity index (χ3n) is 5.62. The largest absolute Gasteiger partial charge is 0.349 e. The standard InChI is InChI=1S/C22H20N4O3S3/c27-18(25-6-3-15(4-7-25)24-20(28)14-5-9-30-11-14)10-26-13-23-21-19(22(26)29)16(12-32-21)17-2-1-8-31-17/h1-2,5,8-9,11-13,15H,3-4,6-7,10H2,(H,24,28). The van der Waals surface area contributed by atoms with Gasteiger partial charge in [0.15, 0.2) is 0 Å². The van der Waals surface area contributed by atoms with E-state index in [4.69, 9.17) is 0 Å². The lowest BCUT2D eigenvalue weighted by Crippen LogP contribution is -2.47. The van der Waals surface area contributed by atoms with Gasteiger partial charge in [0.05, 0.1) is 11.7 Å². The van der Waals surface area contributed by atoms with Crippen molar-refractivity contribution in [1.82, 2.24) is 19.8 Å². The number of rotatable bonds is 5. The molecule has 5 rings (SSSR count). The number of carbonyl (C=O) groups is 2. The van der Waals surface area contributed by atoms with E-state index in [0.29, 0.717) is 41.7 Å². The normalized spacial score (nSPS) is 14.7. The van der Waals surface area contributed by atoms with Crippen LogP contribution < -0.4 is 10.9 Å². The number of nitrogens with one attached hydrogen (secondary N) is 1. The van der Waals surface area contributed by atoms with E-state index in [1.807, 2.05) is 33.7 Å². The van der Waals surface area contributed by atoms with Gasteiger partial charge >= 0.3 is 0 Å². The number of nitrogens with zero attached hydrogens (tertiary/aromatic N) is 3. The molecule has 0 saturated carbocycles. The Bertz CT molecular complexity index is 1300. The molecule has 0 atom stereocenters. The average Bonchev–Trinajstić information content (AvgIpc) is 3.57. The van der Waals surface area contributed by atoms with E-state index in [1.165, 1.54) is 33.6 Å². The Morgan fingerprint density at radius 2 is 1.97 bits per heavy atom. The lowest BCUT2D eigenvalue weighted by molar-refractivity contribution is -0.133. The molecule has 2 amide bonds. The summed E-state index contributed by atoms with van der Waals surface area (Å²) in [5.74, 6) is -0.178. The summed E-state index contributed by atoms with van der Waals surface area (Å²) >= 11 is 4.51. The minimum Gasteiger partial charge on any atom is -0.349 e. The summed E-state index contributed by atoms with van der Waals surface area (Å²) in [6.07, 6.45) is 2.85. The van der Waals surface area contributed by atoms with Crippen LogP contribution in [0.2, 0.25) is 0 Å². The van der Waals surface area contributed by atoms with Gasteiger partial charge in [0.1, 0.15) is 11.4 Å². The highest BCUT2D eigenvalue weighted by Crippen LogP contribution is 2.33. The molecule has 5 heterocycles. The van der Waals surface area contributed by atoms with E-state index < -0.39 is 0 Å². The highest BCUT2D eigenvalue weighted by atomic mass is 32.1. The Labute approximate surface area is 196 Å². The van der Waals surface area contributed by atoms with Gasteiger partial charge in [-0.15, -0.1) is 22.7 Å². The molecular formula is C22H20N4O3S3. The zero-order chi connectivity index (χ0) is 22.1. The Kier molecular flexibility index (Phi) is 5.90. The maximum absolute atomic E-state index is 13.1. The molecule has 0 radical (unpaired) electrons. The van der Waals surface area contributed by atoms with Crippen LogP contribution in [0.5, 0.6) is 0 Å². The third-order valence-corrected chi connectivity index (χ3v) is 8.09. The van der Waals surface area contributed by atoms with Gasteiger partial charge in [0.25, 0.3) is 11.5 Å². The zero-order valence-electron chi connectivity index (χ0n) is 17.0. The molecule has 32 heavy (non-hydrogen) atoms. The minimum absolute atomic E-state index is 0.0343. The van der Waals surface area contributed by atoms with Crippen LogP contribution in [-0.2, 0) is 11.3 Å². The highest BCUT2D eigenvalue weighted by Gasteiger charge is 2.25. The van der Waals surface area contributed by atoms with Crippen molar-refractivity contribution in [3.05, 3.63) is 62.0 Å². The lowest BCUT2D eigenvalue weighted by atomic mass is 10.0. The molecule has 4 aromatic rings. The molecule has 0 aromatic carbocycles. The number of fused-ring (bicyclic) bond motifs is 1. The Morgan fingerprint density at radius 1 is 1.12 bits per heavy atom. The Morgan fingerprint density at radius 3 is 2.69 bits per heavy atom. The van der Waals surface area contributed by atoms with E-state index >= 15 is 0 Å². The van der Waals surface area contributed by atoms with Crippen molar-refractivity contribution in [3.63, 3.8) is 0 Å². The van der Waals surface area contributed by atoms with E-state index in [1.54, 1.807) is 22.3 Å². The van der Waals surface area contributed by atoms with Crippen molar-refractivity contribution in [2.24, 2.45) is 0 Å². The van der Waals surface area contributed by atoms with E-state index in [-0.39, 0.29) is 30.0 Å². The maximum atomic E-state index is 13.1. The van der Waals surface area contributed by atoms with Crippen molar-refractivity contribution in [2.75, 3.05) is 13.1 Å². The van der Waals surface area contributed by atoms with E-state index in [0.717, 1.165) is 10.4 Å². The van der Waals surface area contributed by atoms with Crippen molar-refractivity contribution < 1.29 is 9.59 Å². The van der Waals surface area contributed by atoms with Gasteiger partial charge in [-0.1, -0.05) is 6.07 Å². The summed E-state index contributed by atoms with van der Waals surface area (Å²) in [5, 5.41) is 11.2. The predicted octanol–water partition coefficient (Wildman–Crippen LogP) is 3.67. The summed E-state index contributed by atoms with van der Waals surface area (Å²) in [5.41, 5.74) is 1.36. The van der Waals surface area contributed by atoms with Crippen LogP contribution in [0.15, 0.2) is 50.8 Å². The predicted molar refractivity (Wildman–Crippen MR) is 129 cm³/mol. The Balaban J connectivity index is 1.25. The molecule has 1 fully saturated rings. The summed E-state index contributed by atoms with van der Waals surface area (Å²) in [6, 6.07) is 5.79. The number of piperidine rings is 1. The molecule has 1 aliphatic heterocycles. The molecule has 0 spiro atoms. The molecule has 1 aliphatic rings. The lowest BCUT2D eigenvalue weighted by Gasteiger charge is -2.32. The van der Waals surface area contributed by atoms with Crippen molar-refractivity contribution in [3.8, 4) is 10.4 Å². The first-order valence-electron chi connectivity index (χ1n) is 10.2. The quantitative estimate of drug-likeness (QED) is 0.469. The first-order chi connectivity index (χ1) is 15.6.